The van der Waals surface area contributed by atoms with E-state index in [-0.39, 0.29) is 6.04 Å². The van der Waals surface area contributed by atoms with Gasteiger partial charge in [0.2, 0.25) is 0 Å². The van der Waals surface area contributed by atoms with Crippen LogP contribution in [0.2, 0.25) is 0 Å². The van der Waals surface area contributed by atoms with Gasteiger partial charge in [0, 0.05) is 13.2 Å². The fourth-order valence-electron chi connectivity index (χ4n) is 1.89. The first kappa shape index (κ1) is 11.8. The molecule has 0 bridgehead atoms. The van der Waals surface area contributed by atoms with E-state index in [2.05, 4.69) is 34.8 Å². The third kappa shape index (κ3) is 3.15. The van der Waals surface area contributed by atoms with Crippen molar-refractivity contribution in [3.63, 3.8) is 0 Å². The van der Waals surface area contributed by atoms with E-state index in [4.69, 9.17) is 5.84 Å². The first-order valence-electron chi connectivity index (χ1n) is 5.79. The van der Waals surface area contributed by atoms with E-state index in [9.17, 15) is 0 Å². The number of hydrogen-bond donors (Lipinski definition) is 2. The monoisotopic (exact) mass is 230 g/mol. The normalized spacial score (nSPS) is 12.6. The van der Waals surface area contributed by atoms with Gasteiger partial charge in [-0.3, -0.25) is 16.0 Å². The Morgan fingerprint density at radius 1 is 1.29 bits per heavy atom. The van der Waals surface area contributed by atoms with Gasteiger partial charge in [0.1, 0.15) is 0 Å². The highest BCUT2D eigenvalue weighted by molar-refractivity contribution is 5.15. The second-order valence-electron chi connectivity index (χ2n) is 4.16. The molecule has 0 aliphatic heterocycles. The lowest BCUT2D eigenvalue weighted by atomic mass is 10.0. The molecule has 1 aromatic heterocycles. The van der Waals surface area contributed by atoms with Crippen LogP contribution in [-0.4, -0.2) is 9.78 Å². The Hall–Kier alpha value is -1.65. The zero-order valence-electron chi connectivity index (χ0n) is 10.0. The van der Waals surface area contributed by atoms with Gasteiger partial charge in [0.25, 0.3) is 0 Å². The van der Waals surface area contributed by atoms with E-state index >= 15 is 0 Å². The van der Waals surface area contributed by atoms with Gasteiger partial charge in [0.05, 0.1) is 11.7 Å². The van der Waals surface area contributed by atoms with Crippen molar-refractivity contribution in [2.24, 2.45) is 12.9 Å². The summed E-state index contributed by atoms with van der Waals surface area (Å²) >= 11 is 0. The number of hydrazine groups is 1. The fourth-order valence-corrected chi connectivity index (χ4v) is 1.89. The van der Waals surface area contributed by atoms with Crippen molar-refractivity contribution < 1.29 is 0 Å². The first-order valence-corrected chi connectivity index (χ1v) is 5.79. The average molecular weight is 230 g/mol. The predicted molar refractivity (Wildman–Crippen MR) is 68.0 cm³/mol. The molecule has 0 saturated heterocycles. The maximum absolute atomic E-state index is 5.58. The van der Waals surface area contributed by atoms with Gasteiger partial charge in [-0.25, -0.2) is 0 Å². The van der Waals surface area contributed by atoms with Crippen LogP contribution in [0.1, 0.15) is 23.7 Å². The van der Waals surface area contributed by atoms with Crippen LogP contribution in [-0.2, 0) is 13.5 Å². The van der Waals surface area contributed by atoms with Crippen molar-refractivity contribution in [3.05, 3.63) is 53.9 Å². The van der Waals surface area contributed by atoms with E-state index in [0.29, 0.717) is 0 Å². The lowest BCUT2D eigenvalue weighted by Crippen LogP contribution is -2.28. The molecule has 17 heavy (non-hydrogen) atoms. The van der Waals surface area contributed by atoms with E-state index in [1.807, 2.05) is 25.4 Å². The third-order valence-electron chi connectivity index (χ3n) is 2.86. The molecule has 1 aromatic carbocycles. The molecule has 90 valence electrons. The van der Waals surface area contributed by atoms with Crippen molar-refractivity contribution in [1.82, 2.24) is 15.2 Å². The van der Waals surface area contributed by atoms with Gasteiger partial charge >= 0.3 is 0 Å². The molecule has 0 radical (unpaired) electrons. The molecule has 4 heteroatoms. The number of aromatic nitrogens is 2. The second-order valence-corrected chi connectivity index (χ2v) is 4.16. The minimum atomic E-state index is 0.108. The van der Waals surface area contributed by atoms with Gasteiger partial charge in [-0.15, -0.1) is 0 Å². The summed E-state index contributed by atoms with van der Waals surface area (Å²) in [5.41, 5.74) is 5.14. The number of benzene rings is 1. The van der Waals surface area contributed by atoms with Crippen LogP contribution in [0.4, 0.5) is 0 Å². The Balaban J connectivity index is 1.97. The standard InChI is InChI=1S/C13H18N4/c1-17-10-9-13(16-17)12(15-14)8-7-11-5-3-2-4-6-11/h2-6,9-10,12,15H,7-8,14H2,1H3. The number of nitrogens with two attached hydrogens (primary N) is 1. The van der Waals surface area contributed by atoms with Crippen LogP contribution in [0.3, 0.4) is 0 Å². The Kier molecular flexibility index (Phi) is 3.90. The molecule has 0 aliphatic carbocycles. The Morgan fingerprint density at radius 3 is 2.65 bits per heavy atom. The first-order chi connectivity index (χ1) is 8.29. The van der Waals surface area contributed by atoms with E-state index < -0.39 is 0 Å². The maximum atomic E-state index is 5.58. The number of rotatable bonds is 5. The van der Waals surface area contributed by atoms with Crippen molar-refractivity contribution in [1.29, 1.82) is 0 Å². The topological polar surface area (TPSA) is 55.9 Å². The van der Waals surface area contributed by atoms with E-state index in [1.54, 1.807) is 4.68 Å². The Bertz CT molecular complexity index is 449. The molecule has 0 aliphatic rings. The molecule has 0 amide bonds. The molecule has 2 aromatic rings. The summed E-state index contributed by atoms with van der Waals surface area (Å²) in [6.07, 6.45) is 3.87. The molecule has 0 spiro atoms. The zero-order chi connectivity index (χ0) is 12.1. The van der Waals surface area contributed by atoms with E-state index in [0.717, 1.165) is 18.5 Å². The summed E-state index contributed by atoms with van der Waals surface area (Å²) in [6.45, 7) is 0. The highest BCUT2D eigenvalue weighted by Crippen LogP contribution is 2.16. The zero-order valence-corrected chi connectivity index (χ0v) is 10.0. The van der Waals surface area contributed by atoms with Gasteiger partial charge in [-0.2, -0.15) is 5.10 Å². The number of nitrogens with one attached hydrogen (secondary N) is 1. The smallest absolute Gasteiger partial charge is 0.0807 e. The van der Waals surface area contributed by atoms with Gasteiger partial charge in [-0.05, 0) is 24.5 Å². The van der Waals surface area contributed by atoms with Crippen LogP contribution in [0.5, 0.6) is 0 Å². The molecular weight excluding hydrogens is 212 g/mol. The van der Waals surface area contributed by atoms with Crippen molar-refractivity contribution in [3.8, 4) is 0 Å². The number of aryl methyl sites for hydroxylation is 2. The highest BCUT2D eigenvalue weighted by Gasteiger charge is 2.12. The maximum Gasteiger partial charge on any atom is 0.0807 e. The summed E-state index contributed by atoms with van der Waals surface area (Å²) in [6, 6.07) is 12.5. The van der Waals surface area contributed by atoms with Crippen LogP contribution in [0.15, 0.2) is 42.6 Å². The summed E-state index contributed by atoms with van der Waals surface area (Å²) in [5, 5.41) is 4.37. The number of nitrogens with zero attached hydrogens (tertiary/aromatic N) is 2. The molecule has 1 unspecified atom stereocenters. The molecule has 0 fully saturated rings. The summed E-state index contributed by atoms with van der Waals surface area (Å²) in [4.78, 5) is 0. The Morgan fingerprint density at radius 2 is 2.06 bits per heavy atom. The van der Waals surface area contributed by atoms with Crippen molar-refractivity contribution in [2.75, 3.05) is 0 Å². The SMILES string of the molecule is Cn1ccc(C(CCc2ccccc2)NN)n1. The van der Waals surface area contributed by atoms with Gasteiger partial charge in [-0.1, -0.05) is 30.3 Å². The van der Waals surface area contributed by atoms with Crippen LogP contribution in [0, 0.1) is 0 Å². The minimum absolute atomic E-state index is 0.108. The van der Waals surface area contributed by atoms with Gasteiger partial charge < -0.3 is 0 Å². The summed E-state index contributed by atoms with van der Waals surface area (Å²) in [7, 11) is 1.91. The largest absolute Gasteiger partial charge is 0.275 e. The van der Waals surface area contributed by atoms with Gasteiger partial charge in [0.15, 0.2) is 0 Å². The highest BCUT2D eigenvalue weighted by atomic mass is 15.3. The molecule has 4 nitrogen and oxygen atoms in total. The summed E-state index contributed by atoms with van der Waals surface area (Å²) in [5.74, 6) is 5.58. The molecule has 1 heterocycles. The average Bonchev–Trinajstić information content (AvgIpc) is 2.78. The predicted octanol–water partition coefficient (Wildman–Crippen LogP) is 1.56. The second kappa shape index (κ2) is 5.61. The van der Waals surface area contributed by atoms with Crippen LogP contribution >= 0.6 is 0 Å². The van der Waals surface area contributed by atoms with Crippen LogP contribution < -0.4 is 11.3 Å². The van der Waals surface area contributed by atoms with Crippen LogP contribution in [0.25, 0.3) is 0 Å². The fraction of sp³-hybridized carbons (Fsp3) is 0.308. The lowest BCUT2D eigenvalue weighted by Gasteiger charge is -2.13. The molecule has 3 N–H and O–H groups in total. The minimum Gasteiger partial charge on any atom is -0.275 e. The molecule has 1 atom stereocenters. The Labute approximate surface area is 101 Å². The molecule has 0 saturated carbocycles. The van der Waals surface area contributed by atoms with E-state index in [1.165, 1.54) is 5.56 Å². The van der Waals surface area contributed by atoms with Crippen molar-refractivity contribution >= 4 is 0 Å². The number of hydrogen-bond acceptors (Lipinski definition) is 3. The van der Waals surface area contributed by atoms with Crippen molar-refractivity contribution in [2.45, 2.75) is 18.9 Å². The third-order valence-corrected chi connectivity index (χ3v) is 2.86. The molecular formula is C13H18N4. The summed E-state index contributed by atoms with van der Waals surface area (Å²) < 4.78 is 1.79. The quantitative estimate of drug-likeness (QED) is 0.605. The lowest BCUT2D eigenvalue weighted by molar-refractivity contribution is 0.498. The molecule has 2 rings (SSSR count).